The molecular formula is C20H25N5O4. The first-order valence-corrected chi connectivity index (χ1v) is 9.81. The Balaban J connectivity index is 1.64. The smallest absolute Gasteiger partial charge is 0.346 e. The highest BCUT2D eigenvalue weighted by atomic mass is 16.5. The van der Waals surface area contributed by atoms with Crippen LogP contribution in [0.5, 0.6) is 0 Å². The average molecular weight is 399 g/mol. The molecule has 1 saturated heterocycles. The summed E-state index contributed by atoms with van der Waals surface area (Å²) in [5.41, 5.74) is 0.971. The van der Waals surface area contributed by atoms with Gasteiger partial charge in [0.25, 0.3) is 0 Å². The molecule has 9 nitrogen and oxygen atoms in total. The van der Waals surface area contributed by atoms with E-state index in [2.05, 4.69) is 27.4 Å². The Bertz CT molecular complexity index is 1010. The van der Waals surface area contributed by atoms with Crippen LogP contribution in [-0.2, 0) is 22.6 Å². The number of rotatable bonds is 7. The van der Waals surface area contributed by atoms with Crippen LogP contribution in [0, 0.1) is 0 Å². The molecule has 2 aromatic heterocycles. The minimum atomic E-state index is -0.286. The Kier molecular flexibility index (Phi) is 5.59. The molecule has 29 heavy (non-hydrogen) atoms. The summed E-state index contributed by atoms with van der Waals surface area (Å²) in [6.45, 7) is 4.99. The Morgan fingerprint density at radius 1 is 1.31 bits per heavy atom. The summed E-state index contributed by atoms with van der Waals surface area (Å²) in [6, 6.07) is 10.2. The lowest BCUT2D eigenvalue weighted by molar-refractivity contribution is 0.0933. The lowest BCUT2D eigenvalue weighted by atomic mass is 9.92. The predicted molar refractivity (Wildman–Crippen MR) is 103 cm³/mol. The van der Waals surface area contributed by atoms with Crippen molar-refractivity contribution in [1.29, 1.82) is 0 Å². The number of methoxy groups -OCH3 is 1. The maximum absolute atomic E-state index is 12.9. The van der Waals surface area contributed by atoms with E-state index in [1.165, 1.54) is 10.2 Å². The number of nitrogens with zero attached hydrogens (tertiary/aromatic N) is 5. The second kappa shape index (κ2) is 8.30. The van der Waals surface area contributed by atoms with Gasteiger partial charge in [-0.25, -0.2) is 9.48 Å². The van der Waals surface area contributed by atoms with Crippen molar-refractivity contribution in [3.8, 4) is 0 Å². The van der Waals surface area contributed by atoms with E-state index in [-0.39, 0.29) is 30.4 Å². The number of hydrogen-bond acceptors (Lipinski definition) is 7. The molecule has 0 N–H and O–H groups in total. The molecule has 1 aliphatic rings. The van der Waals surface area contributed by atoms with Gasteiger partial charge >= 0.3 is 5.69 Å². The molecule has 3 aromatic rings. The van der Waals surface area contributed by atoms with Crippen LogP contribution in [0.2, 0.25) is 0 Å². The third-order valence-electron chi connectivity index (χ3n) is 5.33. The molecule has 1 fully saturated rings. The largest absolute Gasteiger partial charge is 0.374 e. The first kappa shape index (κ1) is 19.5. The number of hydrogen-bond donors (Lipinski definition) is 0. The third-order valence-corrected chi connectivity index (χ3v) is 5.33. The third kappa shape index (κ3) is 3.75. The quantitative estimate of drug-likeness (QED) is 0.602. The van der Waals surface area contributed by atoms with E-state index in [1.54, 1.807) is 11.7 Å². The van der Waals surface area contributed by atoms with E-state index in [4.69, 9.17) is 14.0 Å². The molecule has 0 bridgehead atoms. The van der Waals surface area contributed by atoms with Crippen molar-refractivity contribution in [3.05, 3.63) is 63.9 Å². The van der Waals surface area contributed by atoms with Crippen molar-refractivity contribution < 1.29 is 14.0 Å². The predicted octanol–water partition coefficient (Wildman–Crippen LogP) is 2.45. The van der Waals surface area contributed by atoms with Gasteiger partial charge in [-0.1, -0.05) is 35.5 Å². The summed E-state index contributed by atoms with van der Waals surface area (Å²) in [5.74, 6) is 1.54. The summed E-state index contributed by atoms with van der Waals surface area (Å²) >= 11 is 0. The Labute approximate surface area is 168 Å². The van der Waals surface area contributed by atoms with Crippen LogP contribution in [-0.4, -0.2) is 38.2 Å². The summed E-state index contributed by atoms with van der Waals surface area (Å²) in [7, 11) is 1.57. The molecule has 0 aliphatic carbocycles. The topological polar surface area (TPSA) is 97.2 Å². The first-order chi connectivity index (χ1) is 14.1. The Hall–Kier alpha value is -2.78. The van der Waals surface area contributed by atoms with Gasteiger partial charge in [-0.2, -0.15) is 10.1 Å². The van der Waals surface area contributed by atoms with Crippen molar-refractivity contribution >= 4 is 0 Å². The maximum atomic E-state index is 12.9. The average Bonchev–Trinajstić information content (AvgIpc) is 3.48. The van der Waals surface area contributed by atoms with Gasteiger partial charge in [0.15, 0.2) is 11.6 Å². The maximum Gasteiger partial charge on any atom is 0.346 e. The second-order valence-corrected chi connectivity index (χ2v) is 7.06. The molecule has 154 valence electrons. The molecule has 3 atom stereocenters. The fraction of sp³-hybridized carbons (Fsp3) is 0.500. The van der Waals surface area contributed by atoms with Crippen LogP contribution in [0.15, 0.2) is 39.6 Å². The zero-order valence-electron chi connectivity index (χ0n) is 16.8. The number of ether oxygens (including phenoxy) is 2. The molecule has 0 amide bonds. The first-order valence-electron chi connectivity index (χ1n) is 9.81. The molecule has 4 rings (SSSR count). The fourth-order valence-electron chi connectivity index (χ4n) is 3.69. The van der Waals surface area contributed by atoms with Gasteiger partial charge in [-0.05, 0) is 25.8 Å². The molecule has 0 radical (unpaired) electrons. The van der Waals surface area contributed by atoms with Gasteiger partial charge in [-0.3, -0.25) is 4.57 Å². The molecule has 1 aromatic carbocycles. The van der Waals surface area contributed by atoms with Crippen molar-refractivity contribution in [3.63, 3.8) is 0 Å². The second-order valence-electron chi connectivity index (χ2n) is 7.06. The van der Waals surface area contributed by atoms with Gasteiger partial charge in [0.2, 0.25) is 5.89 Å². The number of aromatic nitrogens is 5. The van der Waals surface area contributed by atoms with Gasteiger partial charge in [0.1, 0.15) is 18.8 Å². The molecule has 3 heterocycles. The molecular weight excluding hydrogens is 374 g/mol. The van der Waals surface area contributed by atoms with Gasteiger partial charge in [0, 0.05) is 26.2 Å². The standard InChI is InChI=1S/C20H25N5O4/c1-4-24-19(17-15(10-11-28-17)14-8-6-5-7-9-14)22-25(20(24)26)12-16-21-18(23-29-16)13(2)27-3/h5-9,13,15,17H,4,10-12H2,1-3H3/t13-,15+,17+/m1/s1. The summed E-state index contributed by atoms with van der Waals surface area (Å²) < 4.78 is 19.5. The normalized spacial score (nSPS) is 20.2. The van der Waals surface area contributed by atoms with Crippen LogP contribution >= 0.6 is 0 Å². The van der Waals surface area contributed by atoms with Crippen LogP contribution < -0.4 is 5.69 Å². The molecule has 0 spiro atoms. The van der Waals surface area contributed by atoms with Crippen LogP contribution in [0.25, 0.3) is 0 Å². The Morgan fingerprint density at radius 2 is 2.10 bits per heavy atom. The lowest BCUT2D eigenvalue weighted by Gasteiger charge is -2.18. The van der Waals surface area contributed by atoms with Crippen molar-refractivity contribution in [1.82, 2.24) is 24.5 Å². The van der Waals surface area contributed by atoms with Crippen molar-refractivity contribution in [2.75, 3.05) is 13.7 Å². The van der Waals surface area contributed by atoms with E-state index >= 15 is 0 Å². The fourth-order valence-corrected chi connectivity index (χ4v) is 3.69. The summed E-state index contributed by atoms with van der Waals surface area (Å²) in [5, 5.41) is 8.50. The highest BCUT2D eigenvalue weighted by Crippen LogP contribution is 2.40. The molecule has 1 aliphatic heterocycles. The van der Waals surface area contributed by atoms with Gasteiger partial charge in [0.05, 0.1) is 0 Å². The SMILES string of the molecule is CCn1c([C@H]2OCC[C@H]2c2ccccc2)nn(Cc2nc([C@@H](C)OC)no2)c1=O. The van der Waals surface area contributed by atoms with Crippen LogP contribution in [0.1, 0.15) is 61.5 Å². The van der Waals surface area contributed by atoms with E-state index in [9.17, 15) is 4.79 Å². The monoisotopic (exact) mass is 399 g/mol. The Morgan fingerprint density at radius 3 is 2.83 bits per heavy atom. The molecule has 0 saturated carbocycles. The minimum Gasteiger partial charge on any atom is -0.374 e. The van der Waals surface area contributed by atoms with E-state index in [1.807, 2.05) is 32.0 Å². The van der Waals surface area contributed by atoms with E-state index in [0.29, 0.717) is 30.7 Å². The van der Waals surface area contributed by atoms with Gasteiger partial charge in [-0.15, -0.1) is 0 Å². The zero-order valence-corrected chi connectivity index (χ0v) is 16.8. The zero-order chi connectivity index (χ0) is 20.4. The van der Waals surface area contributed by atoms with Crippen molar-refractivity contribution in [2.45, 2.75) is 51.5 Å². The van der Waals surface area contributed by atoms with E-state index in [0.717, 1.165) is 6.42 Å². The van der Waals surface area contributed by atoms with Gasteiger partial charge < -0.3 is 14.0 Å². The highest BCUT2D eigenvalue weighted by Gasteiger charge is 2.35. The van der Waals surface area contributed by atoms with E-state index < -0.39 is 0 Å². The minimum absolute atomic E-state index is 0.102. The number of benzene rings is 1. The summed E-state index contributed by atoms with van der Waals surface area (Å²) in [6.07, 6.45) is 0.339. The highest BCUT2D eigenvalue weighted by molar-refractivity contribution is 5.23. The molecule has 0 unspecified atom stereocenters. The lowest BCUT2D eigenvalue weighted by Crippen LogP contribution is -2.26. The summed E-state index contributed by atoms with van der Waals surface area (Å²) in [4.78, 5) is 17.2. The molecule has 9 heteroatoms. The van der Waals surface area contributed by atoms with Crippen LogP contribution in [0.4, 0.5) is 0 Å². The van der Waals surface area contributed by atoms with Crippen LogP contribution in [0.3, 0.4) is 0 Å². The van der Waals surface area contributed by atoms with Crippen molar-refractivity contribution in [2.24, 2.45) is 0 Å².